The van der Waals surface area contributed by atoms with Crippen molar-refractivity contribution < 1.29 is 14.5 Å². The lowest BCUT2D eigenvalue weighted by atomic mass is 11.2. The minimum atomic E-state index is 0.306. The molecule has 0 fully saturated rings. The Hall–Kier alpha value is -0.440. The van der Waals surface area contributed by atoms with Gasteiger partial charge in [0.2, 0.25) is 0 Å². The van der Waals surface area contributed by atoms with E-state index in [0.29, 0.717) is 13.0 Å². The normalized spacial score (nSPS) is 20.4. The second-order valence-corrected chi connectivity index (χ2v) is 1.66. The summed E-state index contributed by atoms with van der Waals surface area (Å²) in [6.45, 7) is 0. The van der Waals surface area contributed by atoms with Crippen molar-refractivity contribution in [3.05, 3.63) is 17.3 Å². The molecule has 0 saturated heterocycles. The topological polar surface area (TPSA) is 44.5 Å². The van der Waals surface area contributed by atoms with Crippen molar-refractivity contribution >= 4 is 8.37 Å². The Morgan fingerprint density at radius 2 is 2.57 bits per heavy atom. The van der Waals surface area contributed by atoms with Gasteiger partial charge in [0.1, 0.15) is 11.3 Å². The minimum Gasteiger partial charge on any atom is -0.509 e. The van der Waals surface area contributed by atoms with E-state index in [9.17, 15) is 5.21 Å². The SMILES string of the molecule is [O-][N+]1=PC=COO1. The van der Waals surface area contributed by atoms with E-state index in [4.69, 9.17) is 0 Å². The molecule has 0 spiro atoms. The molecule has 1 heterocycles. The smallest absolute Gasteiger partial charge is 0.292 e. The first kappa shape index (κ1) is 4.71. The Kier molecular flexibility index (Phi) is 1.36. The Balaban J connectivity index is 2.57. The number of hydrogen-bond acceptors (Lipinski definition) is 3. The van der Waals surface area contributed by atoms with Crippen LogP contribution in [-0.4, -0.2) is 4.65 Å². The van der Waals surface area contributed by atoms with Crippen LogP contribution in [0.25, 0.3) is 0 Å². The highest BCUT2D eigenvalue weighted by Gasteiger charge is 1.95. The predicted octanol–water partition coefficient (Wildman–Crippen LogP) is 0.974. The standard InChI is InChI=1S/C2H2NO3P/c4-3-6-5-1-2-7-3/h1-2H. The van der Waals surface area contributed by atoms with Gasteiger partial charge < -0.3 is 5.21 Å². The highest BCUT2D eigenvalue weighted by molar-refractivity contribution is 7.27. The molecule has 4 nitrogen and oxygen atoms in total. The van der Waals surface area contributed by atoms with E-state index in [-0.39, 0.29) is 0 Å². The first-order chi connectivity index (χ1) is 3.39. The van der Waals surface area contributed by atoms with Crippen molar-refractivity contribution in [3.63, 3.8) is 0 Å². The van der Waals surface area contributed by atoms with E-state index >= 15 is 0 Å². The molecule has 0 bridgehead atoms. The third-order valence-corrected chi connectivity index (χ3v) is 0.894. The van der Waals surface area contributed by atoms with Crippen molar-refractivity contribution in [1.29, 1.82) is 0 Å². The molecule has 5 heteroatoms. The zero-order chi connectivity index (χ0) is 5.11. The van der Waals surface area contributed by atoms with E-state index in [1.165, 1.54) is 12.1 Å². The van der Waals surface area contributed by atoms with Crippen LogP contribution in [0.3, 0.4) is 0 Å². The molecule has 0 N–H and O–H groups in total. The van der Waals surface area contributed by atoms with Gasteiger partial charge in [0.15, 0.2) is 0 Å². The molecular weight excluding hydrogens is 117 g/mol. The van der Waals surface area contributed by atoms with Crippen LogP contribution in [0.2, 0.25) is 0 Å². The summed E-state index contributed by atoms with van der Waals surface area (Å²) in [6.07, 6.45) is 1.30. The molecule has 0 amide bonds. The number of nitrogens with zero attached hydrogens (tertiary/aromatic N) is 1. The molecule has 0 aliphatic carbocycles. The summed E-state index contributed by atoms with van der Waals surface area (Å²) in [5.41, 5.74) is 0. The van der Waals surface area contributed by atoms with Crippen LogP contribution < -0.4 is 0 Å². The Morgan fingerprint density at radius 3 is 2.86 bits per heavy atom. The van der Waals surface area contributed by atoms with Gasteiger partial charge >= 0.3 is 0 Å². The molecule has 0 radical (unpaired) electrons. The Labute approximate surface area is 41.3 Å². The largest absolute Gasteiger partial charge is 0.509 e. The molecular formula is C2H2NO3P. The van der Waals surface area contributed by atoms with Crippen LogP contribution in [0.5, 0.6) is 0 Å². The highest BCUT2D eigenvalue weighted by Crippen LogP contribution is 2.06. The van der Waals surface area contributed by atoms with Crippen LogP contribution in [0.1, 0.15) is 0 Å². The predicted molar refractivity (Wildman–Crippen MR) is 21.9 cm³/mol. The first-order valence-corrected chi connectivity index (χ1v) is 2.48. The third kappa shape index (κ3) is 1.23. The van der Waals surface area contributed by atoms with Gasteiger partial charge in [0.05, 0.1) is 5.82 Å². The van der Waals surface area contributed by atoms with Gasteiger partial charge in [0, 0.05) is 0 Å². The number of rotatable bonds is 0. The maximum atomic E-state index is 9.97. The van der Waals surface area contributed by atoms with Crippen LogP contribution in [0.4, 0.5) is 0 Å². The fourth-order valence-corrected chi connectivity index (χ4v) is 0.477. The maximum Gasteiger partial charge on any atom is 0.292 e. The summed E-state index contributed by atoms with van der Waals surface area (Å²) in [4.78, 5) is 8.06. The lowest BCUT2D eigenvalue weighted by molar-refractivity contribution is -0.816. The summed E-state index contributed by atoms with van der Waals surface area (Å²) >= 11 is 0. The second kappa shape index (κ2) is 2.02. The zero-order valence-corrected chi connectivity index (χ0v) is 4.17. The monoisotopic (exact) mass is 119 g/mol. The van der Waals surface area contributed by atoms with Crippen LogP contribution >= 0.6 is 8.37 Å². The third-order valence-electron chi connectivity index (χ3n) is 0.384. The summed E-state index contributed by atoms with van der Waals surface area (Å²) in [5, 5.41) is 9.97. The Morgan fingerprint density at radius 1 is 1.71 bits per heavy atom. The van der Waals surface area contributed by atoms with Crippen molar-refractivity contribution in [2.75, 3.05) is 0 Å². The summed E-state index contributed by atoms with van der Waals surface area (Å²) in [6, 6.07) is 0. The average molecular weight is 119 g/mol. The van der Waals surface area contributed by atoms with Crippen LogP contribution in [-0.2, 0) is 9.88 Å². The number of hydrogen-bond donors (Lipinski definition) is 0. The molecule has 1 rings (SSSR count). The quantitative estimate of drug-likeness (QED) is 0.271. The molecule has 1 aliphatic rings. The van der Waals surface area contributed by atoms with Crippen molar-refractivity contribution in [2.45, 2.75) is 0 Å². The van der Waals surface area contributed by atoms with Gasteiger partial charge in [0.25, 0.3) is 8.37 Å². The van der Waals surface area contributed by atoms with Gasteiger partial charge in [-0.25, -0.2) is 0 Å². The van der Waals surface area contributed by atoms with Crippen molar-refractivity contribution in [3.8, 4) is 0 Å². The van der Waals surface area contributed by atoms with Gasteiger partial charge in [-0.3, -0.25) is 4.89 Å². The van der Waals surface area contributed by atoms with Gasteiger partial charge in [-0.2, -0.15) is 0 Å². The molecule has 0 aromatic heterocycles. The molecule has 7 heavy (non-hydrogen) atoms. The highest BCUT2D eigenvalue weighted by atomic mass is 31.1. The zero-order valence-electron chi connectivity index (χ0n) is 3.27. The lowest BCUT2D eigenvalue weighted by Gasteiger charge is -1.96. The van der Waals surface area contributed by atoms with Gasteiger partial charge in [-0.15, -0.1) is 0 Å². The second-order valence-electron chi connectivity index (χ2n) is 0.809. The molecule has 1 aliphatic heterocycles. The van der Waals surface area contributed by atoms with Crippen molar-refractivity contribution in [2.24, 2.45) is 0 Å². The van der Waals surface area contributed by atoms with Crippen LogP contribution in [0.15, 0.2) is 12.1 Å². The van der Waals surface area contributed by atoms with E-state index in [1.807, 2.05) is 0 Å². The molecule has 0 atom stereocenters. The molecule has 0 aromatic rings. The van der Waals surface area contributed by atoms with Crippen molar-refractivity contribution in [1.82, 2.24) is 0 Å². The minimum absolute atomic E-state index is 0.306. The van der Waals surface area contributed by atoms with Gasteiger partial charge in [-0.1, -0.05) is 0 Å². The molecule has 0 unspecified atom stereocenters. The Bertz CT molecular complexity index is 120. The summed E-state index contributed by atoms with van der Waals surface area (Å²) in [7, 11) is 0.447. The van der Waals surface area contributed by atoms with Crippen LogP contribution in [0, 0.1) is 5.21 Å². The van der Waals surface area contributed by atoms with E-state index in [0.717, 1.165) is 0 Å². The lowest BCUT2D eigenvalue weighted by Crippen LogP contribution is -1.97. The maximum absolute atomic E-state index is 9.97. The first-order valence-electron chi connectivity index (χ1n) is 1.56. The molecule has 0 aromatic carbocycles. The summed E-state index contributed by atoms with van der Waals surface area (Å²) < 4.78 is 0.306. The van der Waals surface area contributed by atoms with E-state index in [1.54, 1.807) is 0 Å². The molecule has 38 valence electrons. The van der Waals surface area contributed by atoms with Gasteiger partial charge in [-0.05, 0) is 4.65 Å². The average Bonchev–Trinajstić information content (AvgIpc) is 1.69. The molecule has 0 saturated carbocycles. The fourth-order valence-electron chi connectivity index (χ4n) is 0.187. The van der Waals surface area contributed by atoms with E-state index in [2.05, 4.69) is 9.88 Å². The summed E-state index contributed by atoms with van der Waals surface area (Å²) in [5.74, 6) is 1.52. The fraction of sp³-hybridized carbons (Fsp3) is 0. The van der Waals surface area contributed by atoms with E-state index < -0.39 is 0 Å².